The van der Waals surface area contributed by atoms with Crippen LogP contribution in [0.4, 0.5) is 4.79 Å². The molecule has 0 aromatic rings. The Morgan fingerprint density at radius 2 is 1.78 bits per heavy atom. The highest BCUT2D eigenvalue weighted by atomic mass is 16.6. The minimum atomic E-state index is -1.26. The molecule has 0 saturated heterocycles. The van der Waals surface area contributed by atoms with Crippen molar-refractivity contribution in [2.45, 2.75) is 38.8 Å². The number of amides is 1. The van der Waals surface area contributed by atoms with Gasteiger partial charge in [0.05, 0.1) is 13.5 Å². The van der Waals surface area contributed by atoms with E-state index in [9.17, 15) is 14.4 Å². The van der Waals surface area contributed by atoms with Gasteiger partial charge in [-0.1, -0.05) is 0 Å². The lowest BCUT2D eigenvalue weighted by atomic mass is 10.2. The maximum absolute atomic E-state index is 11.3. The fraction of sp³-hybridized carbons (Fsp3) is 0.700. The average Bonchev–Trinajstić information content (AvgIpc) is 2.11. The van der Waals surface area contributed by atoms with Gasteiger partial charge in [0.2, 0.25) is 0 Å². The lowest BCUT2D eigenvalue weighted by molar-refractivity contribution is -0.148. The van der Waals surface area contributed by atoms with Crippen molar-refractivity contribution in [2.75, 3.05) is 7.11 Å². The van der Waals surface area contributed by atoms with Crippen molar-refractivity contribution >= 4 is 18.0 Å². The highest BCUT2D eigenvalue weighted by Crippen LogP contribution is 2.07. The number of esters is 1. The Kier molecular flexibility index (Phi) is 7.71. The first-order valence-electron chi connectivity index (χ1n) is 4.95. The molecule has 0 spiro atoms. The molecule has 2 N–H and O–H groups in total. The summed E-state index contributed by atoms with van der Waals surface area (Å²) in [6, 6.07) is -1.26. The summed E-state index contributed by atoms with van der Waals surface area (Å²) in [5, 5.41) is 10.7. The van der Waals surface area contributed by atoms with Crippen molar-refractivity contribution < 1.29 is 29.0 Å². The standard InChI is InChI=1S/C10H17NO6.N/c1-10(2,3)17-9(15)11-6(5-7(12)13)8(14)16-4;/h6H,5H2,1-4H3,(H,11,15)(H,12,13);/t6-;/m0./s1. The lowest BCUT2D eigenvalue weighted by Gasteiger charge is -2.21. The molecule has 0 aromatic carbocycles. The topological polar surface area (TPSA) is 132 Å². The van der Waals surface area contributed by atoms with Gasteiger partial charge in [0.15, 0.2) is 0 Å². The molecule has 0 unspecified atom stereocenters. The molecule has 8 heteroatoms. The number of carboxylic acids is 1. The first kappa shape index (κ1) is 18.5. The summed E-state index contributed by atoms with van der Waals surface area (Å²) in [7, 11) is 1.11. The van der Waals surface area contributed by atoms with Crippen LogP contribution in [0.2, 0.25) is 0 Å². The number of carbonyl (C=O) groups excluding carboxylic acids is 2. The summed E-state index contributed by atoms with van der Waals surface area (Å²) in [5.41, 5.74) is -0.728. The summed E-state index contributed by atoms with van der Waals surface area (Å²) in [4.78, 5) is 33.0. The van der Waals surface area contributed by atoms with Crippen LogP contribution >= 0.6 is 0 Å². The molecule has 0 aliphatic carbocycles. The van der Waals surface area contributed by atoms with E-state index in [0.717, 1.165) is 7.11 Å². The van der Waals surface area contributed by atoms with Gasteiger partial charge >= 0.3 is 18.0 Å². The molecule has 0 saturated carbocycles. The van der Waals surface area contributed by atoms with E-state index >= 15 is 0 Å². The van der Waals surface area contributed by atoms with Crippen LogP contribution in [-0.2, 0) is 19.1 Å². The second kappa shape index (κ2) is 7.49. The third kappa shape index (κ3) is 8.34. The van der Waals surface area contributed by atoms with Gasteiger partial charge in [-0.3, -0.25) is 4.79 Å². The van der Waals surface area contributed by atoms with E-state index in [2.05, 4.69) is 10.1 Å². The van der Waals surface area contributed by atoms with E-state index in [0.29, 0.717) is 0 Å². The largest absolute Gasteiger partial charge is 0.481 e. The summed E-state index contributed by atoms with van der Waals surface area (Å²) in [6.07, 6.45) is -1.43. The van der Waals surface area contributed by atoms with Gasteiger partial charge in [-0.05, 0) is 20.8 Å². The highest BCUT2D eigenvalue weighted by molar-refractivity contribution is 5.85. The lowest BCUT2D eigenvalue weighted by Crippen LogP contribution is -2.45. The van der Waals surface area contributed by atoms with Crippen LogP contribution in [0.15, 0.2) is 0 Å². The van der Waals surface area contributed by atoms with Crippen molar-refractivity contribution in [2.24, 2.45) is 0 Å². The van der Waals surface area contributed by atoms with Crippen molar-refractivity contribution in [1.82, 2.24) is 11.5 Å². The molecule has 1 atom stereocenters. The number of ether oxygens (including phenoxy) is 2. The van der Waals surface area contributed by atoms with Gasteiger partial charge < -0.3 is 19.9 Å². The third-order valence-electron chi connectivity index (χ3n) is 1.56. The van der Waals surface area contributed by atoms with E-state index in [1.807, 2.05) is 0 Å². The van der Waals surface area contributed by atoms with Gasteiger partial charge in [0.25, 0.3) is 0 Å². The van der Waals surface area contributed by atoms with Crippen LogP contribution in [0, 0.1) is 0 Å². The fourth-order valence-corrected chi connectivity index (χ4v) is 0.960. The van der Waals surface area contributed by atoms with Gasteiger partial charge in [-0.2, -0.15) is 0 Å². The Morgan fingerprint density at radius 1 is 1.28 bits per heavy atom. The van der Waals surface area contributed by atoms with E-state index in [1.165, 1.54) is 0 Å². The number of carboxylic acid groups (broad SMARTS) is 1. The quantitative estimate of drug-likeness (QED) is 0.687. The Balaban J connectivity index is 0. The number of carbonyl (C=O) groups is 3. The molecule has 8 nitrogen and oxygen atoms in total. The van der Waals surface area contributed by atoms with Gasteiger partial charge in [-0.25, -0.2) is 9.59 Å². The summed E-state index contributed by atoms with van der Waals surface area (Å²) >= 11 is 0. The zero-order chi connectivity index (χ0) is 13.6. The molecule has 1 amide bonds. The van der Waals surface area contributed by atoms with Crippen LogP contribution in [-0.4, -0.2) is 41.9 Å². The van der Waals surface area contributed by atoms with Gasteiger partial charge in [-0.15, -0.1) is 0 Å². The van der Waals surface area contributed by atoms with E-state index in [1.54, 1.807) is 20.8 Å². The zero-order valence-corrected chi connectivity index (χ0v) is 10.7. The van der Waals surface area contributed by atoms with E-state index in [4.69, 9.17) is 9.84 Å². The SMILES string of the molecule is COC(=O)[C@H](CC(=O)O)NC(=O)OC(C)(C)C.[N]. The molecule has 0 fully saturated rings. The maximum Gasteiger partial charge on any atom is 0.408 e. The molecule has 0 aromatic heterocycles. The predicted octanol–water partition coefficient (Wildman–Crippen LogP) is 0.0468. The van der Waals surface area contributed by atoms with Gasteiger partial charge in [0.1, 0.15) is 11.6 Å². The first-order valence-corrected chi connectivity index (χ1v) is 4.95. The van der Waals surface area contributed by atoms with Crippen LogP contribution in [0.3, 0.4) is 0 Å². The Hall–Kier alpha value is -1.83. The number of hydrogen-bond donors (Lipinski definition) is 2. The first-order chi connectivity index (χ1) is 7.65. The van der Waals surface area contributed by atoms with Crippen molar-refractivity contribution in [1.29, 1.82) is 0 Å². The predicted molar refractivity (Wildman–Crippen MR) is 59.6 cm³/mol. The Bertz CT molecular complexity index is 310. The van der Waals surface area contributed by atoms with Crippen molar-refractivity contribution in [3.63, 3.8) is 0 Å². The minimum Gasteiger partial charge on any atom is -0.481 e. The second-order valence-corrected chi connectivity index (χ2v) is 4.32. The van der Waals surface area contributed by atoms with Crippen LogP contribution in [0.25, 0.3) is 0 Å². The number of hydrogen-bond acceptors (Lipinski definition) is 5. The summed E-state index contributed by atoms with van der Waals surface area (Å²) in [6.45, 7) is 4.95. The molecule has 18 heavy (non-hydrogen) atoms. The van der Waals surface area contributed by atoms with E-state index in [-0.39, 0.29) is 6.15 Å². The minimum absolute atomic E-state index is 0. The summed E-state index contributed by atoms with van der Waals surface area (Å²) < 4.78 is 9.27. The normalized spacial score (nSPS) is 11.8. The fourth-order valence-electron chi connectivity index (χ4n) is 0.960. The average molecular weight is 261 g/mol. The third-order valence-corrected chi connectivity index (χ3v) is 1.56. The van der Waals surface area contributed by atoms with Crippen LogP contribution < -0.4 is 11.5 Å². The number of nitrogens with zero attached hydrogens (tertiary/aromatic N) is 1. The van der Waals surface area contributed by atoms with Crippen molar-refractivity contribution in [3.05, 3.63) is 0 Å². The monoisotopic (exact) mass is 261 g/mol. The second-order valence-electron chi connectivity index (χ2n) is 4.32. The van der Waals surface area contributed by atoms with Crippen LogP contribution in [0.5, 0.6) is 0 Å². The molecule has 103 valence electrons. The Labute approximate surface area is 105 Å². The van der Waals surface area contributed by atoms with Crippen LogP contribution in [0.1, 0.15) is 27.2 Å². The van der Waals surface area contributed by atoms with Gasteiger partial charge in [0, 0.05) is 6.15 Å². The number of rotatable bonds is 4. The smallest absolute Gasteiger partial charge is 0.408 e. The molecular formula is C10H17N2O6. The molecule has 0 rings (SSSR count). The molecule has 0 aliphatic rings. The maximum atomic E-state index is 11.3. The zero-order valence-electron chi connectivity index (χ0n) is 10.7. The number of alkyl carbamates (subject to hydrolysis) is 1. The highest BCUT2D eigenvalue weighted by Gasteiger charge is 2.26. The molecule has 0 heterocycles. The van der Waals surface area contributed by atoms with Crippen molar-refractivity contribution in [3.8, 4) is 0 Å². The number of methoxy groups -OCH3 is 1. The number of aliphatic carboxylic acids is 1. The van der Waals surface area contributed by atoms with E-state index < -0.39 is 36.1 Å². The molecular weight excluding hydrogens is 244 g/mol. The molecule has 3 radical (unpaired) electrons. The Morgan fingerprint density at radius 3 is 2.11 bits per heavy atom. The molecule has 0 aliphatic heterocycles. The number of nitrogens with one attached hydrogen (secondary N) is 1. The molecule has 0 bridgehead atoms. The summed E-state index contributed by atoms with van der Waals surface area (Å²) in [5.74, 6) is -2.06.